The van der Waals surface area contributed by atoms with Crippen molar-refractivity contribution >= 4 is 17.6 Å². The number of ether oxygens (including phenoxy) is 1. The molecule has 1 saturated carbocycles. The number of rotatable bonds is 5. The third-order valence-electron chi connectivity index (χ3n) is 6.18. The number of hydrogen-bond acceptors (Lipinski definition) is 6. The maximum absolute atomic E-state index is 14.6. The largest absolute Gasteiger partial charge is 0.469 e. The van der Waals surface area contributed by atoms with Crippen LogP contribution in [0.2, 0.25) is 0 Å². The lowest BCUT2D eigenvalue weighted by Crippen LogP contribution is -2.30. The predicted octanol–water partition coefficient (Wildman–Crippen LogP) is 4.42. The number of aromatic nitrogens is 2. The van der Waals surface area contributed by atoms with Crippen LogP contribution in [0.15, 0.2) is 30.5 Å². The van der Waals surface area contributed by atoms with E-state index < -0.39 is 5.82 Å². The molecular weight excluding hydrogens is 383 g/mol. The van der Waals surface area contributed by atoms with Gasteiger partial charge in [0.1, 0.15) is 5.69 Å². The molecule has 0 bridgehead atoms. The highest BCUT2D eigenvalue weighted by Crippen LogP contribution is 2.29. The molecular formula is C23H29FN4O2. The maximum atomic E-state index is 14.6. The Labute approximate surface area is 176 Å². The average Bonchev–Trinajstić information content (AvgIpc) is 2.81. The van der Waals surface area contributed by atoms with Gasteiger partial charge in [-0.05, 0) is 57.1 Å². The molecule has 1 aliphatic carbocycles. The number of carbonyl (C=O) groups excluding carboxylic acids is 1. The normalized spacial score (nSPS) is 21.9. The number of hydrogen-bond donors (Lipinski definition) is 1. The zero-order chi connectivity index (χ0) is 20.9. The summed E-state index contributed by atoms with van der Waals surface area (Å²) < 4.78 is 19.4. The zero-order valence-electron chi connectivity index (χ0n) is 17.4. The van der Waals surface area contributed by atoms with Crippen molar-refractivity contribution in [3.63, 3.8) is 0 Å². The van der Waals surface area contributed by atoms with Crippen molar-refractivity contribution in [3.8, 4) is 11.3 Å². The molecule has 0 unspecified atom stereocenters. The summed E-state index contributed by atoms with van der Waals surface area (Å²) in [5, 5.41) is 3.32. The Balaban J connectivity index is 1.47. The van der Waals surface area contributed by atoms with Crippen LogP contribution < -0.4 is 10.2 Å². The van der Waals surface area contributed by atoms with E-state index >= 15 is 0 Å². The topological polar surface area (TPSA) is 67.3 Å². The lowest BCUT2D eigenvalue weighted by Gasteiger charge is -2.29. The molecule has 1 aromatic heterocycles. The number of benzene rings is 1. The first-order chi connectivity index (χ1) is 14.6. The van der Waals surface area contributed by atoms with Gasteiger partial charge in [-0.25, -0.2) is 14.4 Å². The molecule has 2 fully saturated rings. The van der Waals surface area contributed by atoms with Gasteiger partial charge in [-0.1, -0.05) is 12.1 Å². The Hall–Kier alpha value is -2.70. The highest BCUT2D eigenvalue weighted by atomic mass is 19.1. The van der Waals surface area contributed by atoms with Gasteiger partial charge in [0, 0.05) is 30.4 Å². The molecule has 7 heteroatoms. The van der Waals surface area contributed by atoms with Crippen LogP contribution in [0, 0.1) is 11.7 Å². The van der Waals surface area contributed by atoms with Gasteiger partial charge in [0.25, 0.3) is 0 Å². The van der Waals surface area contributed by atoms with Crippen LogP contribution in [0.25, 0.3) is 11.3 Å². The van der Waals surface area contributed by atoms with Crippen molar-refractivity contribution in [1.29, 1.82) is 0 Å². The molecule has 0 amide bonds. The van der Waals surface area contributed by atoms with E-state index in [1.807, 2.05) is 18.2 Å². The molecule has 1 aliphatic heterocycles. The molecule has 2 aromatic rings. The monoisotopic (exact) mass is 412 g/mol. The van der Waals surface area contributed by atoms with E-state index in [0.29, 0.717) is 11.6 Å². The lowest BCUT2D eigenvalue weighted by molar-refractivity contribution is -0.146. The summed E-state index contributed by atoms with van der Waals surface area (Å²) in [6, 6.07) is 8.12. The molecule has 1 N–H and O–H groups in total. The molecule has 0 atom stereocenters. The Kier molecular flexibility index (Phi) is 6.45. The molecule has 2 heterocycles. The third kappa shape index (κ3) is 4.71. The fourth-order valence-corrected chi connectivity index (χ4v) is 4.46. The van der Waals surface area contributed by atoms with E-state index in [1.54, 1.807) is 0 Å². The Bertz CT molecular complexity index is 877. The number of esters is 1. The van der Waals surface area contributed by atoms with Crippen molar-refractivity contribution < 1.29 is 13.9 Å². The van der Waals surface area contributed by atoms with Crippen molar-refractivity contribution in [2.75, 3.05) is 30.4 Å². The molecule has 30 heavy (non-hydrogen) atoms. The number of methoxy groups -OCH3 is 1. The molecule has 2 aliphatic rings. The molecule has 0 spiro atoms. The van der Waals surface area contributed by atoms with Crippen molar-refractivity contribution in [1.82, 2.24) is 9.97 Å². The van der Waals surface area contributed by atoms with Gasteiger partial charge in [-0.2, -0.15) is 0 Å². The number of nitrogens with zero attached hydrogens (tertiary/aromatic N) is 3. The van der Waals surface area contributed by atoms with E-state index in [4.69, 9.17) is 4.74 Å². The van der Waals surface area contributed by atoms with Crippen LogP contribution in [-0.2, 0) is 9.53 Å². The van der Waals surface area contributed by atoms with Crippen LogP contribution in [0.4, 0.5) is 16.0 Å². The van der Waals surface area contributed by atoms with Gasteiger partial charge in [0.2, 0.25) is 5.95 Å². The minimum absolute atomic E-state index is 0.0322. The number of anilines is 2. The molecule has 0 radical (unpaired) electrons. The first-order valence-electron chi connectivity index (χ1n) is 10.9. The fraction of sp³-hybridized carbons (Fsp3) is 0.522. The Morgan fingerprint density at radius 1 is 1.17 bits per heavy atom. The SMILES string of the molecule is COC(=O)[C@H]1CC[C@H](Nc2ncc(F)c(-c3cccc(N4CCCCC4)c3)n2)CC1. The van der Waals surface area contributed by atoms with Crippen LogP contribution >= 0.6 is 0 Å². The van der Waals surface area contributed by atoms with Gasteiger partial charge in [0.05, 0.1) is 19.2 Å². The number of halogens is 1. The molecule has 6 nitrogen and oxygen atoms in total. The van der Waals surface area contributed by atoms with Crippen LogP contribution in [0.1, 0.15) is 44.9 Å². The second kappa shape index (κ2) is 9.41. The molecule has 160 valence electrons. The molecule has 4 rings (SSSR count). The number of carbonyl (C=O) groups is 1. The Morgan fingerprint density at radius 2 is 1.93 bits per heavy atom. The maximum Gasteiger partial charge on any atom is 0.308 e. The lowest BCUT2D eigenvalue weighted by atomic mass is 9.86. The summed E-state index contributed by atoms with van der Waals surface area (Å²) in [5.41, 5.74) is 2.19. The summed E-state index contributed by atoms with van der Waals surface area (Å²) in [7, 11) is 1.43. The van der Waals surface area contributed by atoms with E-state index in [9.17, 15) is 9.18 Å². The summed E-state index contributed by atoms with van der Waals surface area (Å²) in [6.45, 7) is 2.08. The van der Waals surface area contributed by atoms with E-state index in [-0.39, 0.29) is 17.9 Å². The van der Waals surface area contributed by atoms with Gasteiger partial charge in [0.15, 0.2) is 5.82 Å². The zero-order valence-corrected chi connectivity index (χ0v) is 17.4. The summed E-state index contributed by atoms with van der Waals surface area (Å²) in [6.07, 6.45) is 8.11. The average molecular weight is 413 g/mol. The fourth-order valence-electron chi connectivity index (χ4n) is 4.46. The summed E-state index contributed by atoms with van der Waals surface area (Å²) in [5.74, 6) is -0.167. The number of nitrogens with one attached hydrogen (secondary N) is 1. The molecule has 1 saturated heterocycles. The minimum atomic E-state index is -0.425. The van der Waals surface area contributed by atoms with Crippen LogP contribution in [0.5, 0.6) is 0 Å². The van der Waals surface area contributed by atoms with Crippen LogP contribution in [0.3, 0.4) is 0 Å². The van der Waals surface area contributed by atoms with Crippen molar-refractivity contribution in [2.24, 2.45) is 5.92 Å². The quantitative estimate of drug-likeness (QED) is 0.734. The van der Waals surface area contributed by atoms with Gasteiger partial charge < -0.3 is 15.0 Å². The predicted molar refractivity (Wildman–Crippen MR) is 115 cm³/mol. The van der Waals surface area contributed by atoms with E-state index in [1.165, 1.54) is 32.6 Å². The van der Waals surface area contributed by atoms with Gasteiger partial charge in [-0.3, -0.25) is 4.79 Å². The highest BCUT2D eigenvalue weighted by Gasteiger charge is 2.27. The first kappa shape index (κ1) is 20.6. The summed E-state index contributed by atoms with van der Waals surface area (Å²) in [4.78, 5) is 22.7. The smallest absolute Gasteiger partial charge is 0.308 e. The van der Waals surface area contributed by atoms with E-state index in [2.05, 4.69) is 26.3 Å². The van der Waals surface area contributed by atoms with E-state index in [0.717, 1.165) is 50.0 Å². The Morgan fingerprint density at radius 3 is 2.67 bits per heavy atom. The summed E-state index contributed by atoms with van der Waals surface area (Å²) >= 11 is 0. The second-order valence-electron chi connectivity index (χ2n) is 8.20. The van der Waals surface area contributed by atoms with Gasteiger partial charge in [-0.15, -0.1) is 0 Å². The van der Waals surface area contributed by atoms with Crippen molar-refractivity contribution in [2.45, 2.75) is 51.0 Å². The third-order valence-corrected chi connectivity index (χ3v) is 6.18. The molecule has 1 aromatic carbocycles. The number of piperidine rings is 1. The van der Waals surface area contributed by atoms with Crippen LogP contribution in [-0.4, -0.2) is 42.2 Å². The minimum Gasteiger partial charge on any atom is -0.469 e. The van der Waals surface area contributed by atoms with Crippen molar-refractivity contribution in [3.05, 3.63) is 36.3 Å². The standard InChI is InChI=1S/C23H29FN4O2/c1-30-22(29)16-8-10-18(11-9-16)26-23-25-15-20(24)21(27-23)17-6-5-7-19(14-17)28-12-3-2-4-13-28/h5-7,14-16,18H,2-4,8-13H2,1H3,(H,25,26,27)/t16-,18-. The first-order valence-corrected chi connectivity index (χ1v) is 10.9. The second-order valence-corrected chi connectivity index (χ2v) is 8.20. The van der Waals surface area contributed by atoms with Gasteiger partial charge >= 0.3 is 5.97 Å². The highest BCUT2D eigenvalue weighted by molar-refractivity contribution is 5.72.